The molecule has 0 aliphatic heterocycles. The van der Waals surface area contributed by atoms with Crippen LogP contribution in [0.3, 0.4) is 0 Å². The summed E-state index contributed by atoms with van der Waals surface area (Å²) in [6, 6.07) is 10.2. The number of rotatable bonds is 4. The topological polar surface area (TPSA) is 40.2 Å². The van der Waals surface area contributed by atoms with Gasteiger partial charge in [-0.05, 0) is 31.3 Å². The molecule has 0 saturated carbocycles. The van der Waals surface area contributed by atoms with Crippen LogP contribution in [0.15, 0.2) is 41.0 Å². The first-order valence-corrected chi connectivity index (χ1v) is 5.58. The van der Waals surface area contributed by atoms with Crippen molar-refractivity contribution in [2.24, 2.45) is 0 Å². The van der Waals surface area contributed by atoms with Gasteiger partial charge in [0, 0.05) is 12.1 Å². The van der Waals surface area contributed by atoms with Crippen molar-refractivity contribution in [1.29, 1.82) is 5.26 Å². The number of halogens is 1. The van der Waals surface area contributed by atoms with E-state index in [9.17, 15) is 4.39 Å². The summed E-state index contributed by atoms with van der Waals surface area (Å²) in [7, 11) is 1.89. The summed E-state index contributed by atoms with van der Waals surface area (Å²) in [5.74, 6) is 0.492. The zero-order chi connectivity index (χ0) is 13.0. The van der Waals surface area contributed by atoms with Crippen LogP contribution in [0.2, 0.25) is 0 Å². The monoisotopic (exact) mass is 244 g/mol. The lowest BCUT2D eigenvalue weighted by Gasteiger charge is -2.15. The Morgan fingerprint density at radius 1 is 1.33 bits per heavy atom. The normalized spacial score (nSPS) is 10.6. The first-order valence-electron chi connectivity index (χ1n) is 5.58. The first-order chi connectivity index (χ1) is 8.69. The number of hydrogen-bond donors (Lipinski definition) is 0. The molecule has 18 heavy (non-hydrogen) atoms. The van der Waals surface area contributed by atoms with Gasteiger partial charge in [-0.15, -0.1) is 0 Å². The molecule has 0 radical (unpaired) electrons. The van der Waals surface area contributed by atoms with Crippen molar-refractivity contribution in [1.82, 2.24) is 4.90 Å². The average molecular weight is 244 g/mol. The third kappa shape index (κ3) is 2.96. The quantitative estimate of drug-likeness (QED) is 0.830. The fraction of sp³-hybridized carbons (Fsp3) is 0.214. The molecule has 2 rings (SSSR count). The fourth-order valence-corrected chi connectivity index (χ4v) is 1.76. The van der Waals surface area contributed by atoms with E-state index in [4.69, 9.17) is 9.68 Å². The van der Waals surface area contributed by atoms with E-state index in [1.165, 1.54) is 6.07 Å². The lowest BCUT2D eigenvalue weighted by molar-refractivity contribution is 0.284. The minimum atomic E-state index is -0.347. The molecular formula is C14H13FN2O. The molecule has 3 nitrogen and oxygen atoms in total. The second kappa shape index (κ2) is 5.48. The van der Waals surface area contributed by atoms with Crippen molar-refractivity contribution in [3.05, 3.63) is 59.3 Å². The van der Waals surface area contributed by atoms with Crippen LogP contribution >= 0.6 is 0 Å². The Balaban J connectivity index is 2.03. The Hall–Kier alpha value is -2.12. The van der Waals surface area contributed by atoms with E-state index in [0.29, 0.717) is 24.2 Å². The summed E-state index contributed by atoms with van der Waals surface area (Å²) >= 11 is 0. The third-order valence-electron chi connectivity index (χ3n) is 2.63. The molecule has 2 aromatic rings. The van der Waals surface area contributed by atoms with Gasteiger partial charge in [0.2, 0.25) is 0 Å². The van der Waals surface area contributed by atoms with Crippen molar-refractivity contribution in [3.63, 3.8) is 0 Å². The molecule has 0 atom stereocenters. The van der Waals surface area contributed by atoms with Crippen molar-refractivity contribution in [3.8, 4) is 6.07 Å². The first kappa shape index (κ1) is 12.3. The molecule has 0 unspecified atom stereocenters. The maximum Gasteiger partial charge on any atom is 0.129 e. The second-order valence-electron chi connectivity index (χ2n) is 4.17. The van der Waals surface area contributed by atoms with Gasteiger partial charge in [-0.2, -0.15) is 5.26 Å². The molecule has 1 aromatic heterocycles. The predicted octanol–water partition coefficient (Wildman–Crippen LogP) is 2.92. The lowest BCUT2D eigenvalue weighted by Crippen LogP contribution is -2.17. The minimum Gasteiger partial charge on any atom is -0.468 e. The van der Waals surface area contributed by atoms with Gasteiger partial charge in [-0.25, -0.2) is 4.39 Å². The van der Waals surface area contributed by atoms with E-state index < -0.39 is 0 Å². The highest BCUT2D eigenvalue weighted by molar-refractivity contribution is 5.32. The van der Waals surface area contributed by atoms with E-state index in [0.717, 1.165) is 5.76 Å². The molecule has 92 valence electrons. The molecule has 0 saturated heterocycles. The fourth-order valence-electron chi connectivity index (χ4n) is 1.76. The molecule has 0 N–H and O–H groups in total. The summed E-state index contributed by atoms with van der Waals surface area (Å²) in [4.78, 5) is 1.95. The van der Waals surface area contributed by atoms with Gasteiger partial charge in [-0.1, -0.05) is 6.07 Å². The minimum absolute atomic E-state index is 0.338. The van der Waals surface area contributed by atoms with Crippen LogP contribution in [0, 0.1) is 17.1 Å². The van der Waals surface area contributed by atoms with E-state index in [1.54, 1.807) is 18.4 Å². The van der Waals surface area contributed by atoms with Crippen LogP contribution < -0.4 is 0 Å². The summed E-state index contributed by atoms with van der Waals surface area (Å²) in [6.45, 7) is 1.09. The Bertz CT molecular complexity index is 558. The third-order valence-corrected chi connectivity index (χ3v) is 2.63. The Kier molecular flexibility index (Phi) is 3.75. The van der Waals surface area contributed by atoms with Gasteiger partial charge in [-0.3, -0.25) is 4.90 Å². The van der Waals surface area contributed by atoms with Gasteiger partial charge < -0.3 is 4.42 Å². The van der Waals surface area contributed by atoms with Crippen LogP contribution in [-0.4, -0.2) is 11.9 Å². The average Bonchev–Trinajstić information content (AvgIpc) is 2.84. The Labute approximate surface area is 105 Å². The molecule has 0 aliphatic carbocycles. The maximum absolute atomic E-state index is 13.7. The summed E-state index contributed by atoms with van der Waals surface area (Å²) in [6.07, 6.45) is 1.62. The van der Waals surface area contributed by atoms with E-state index in [1.807, 2.05) is 30.1 Å². The van der Waals surface area contributed by atoms with Gasteiger partial charge >= 0.3 is 0 Å². The second-order valence-corrected chi connectivity index (χ2v) is 4.17. The predicted molar refractivity (Wildman–Crippen MR) is 65.0 cm³/mol. The zero-order valence-electron chi connectivity index (χ0n) is 10.1. The van der Waals surface area contributed by atoms with Crippen LogP contribution in [0.1, 0.15) is 16.9 Å². The van der Waals surface area contributed by atoms with Crippen LogP contribution in [0.4, 0.5) is 4.39 Å². The van der Waals surface area contributed by atoms with E-state index >= 15 is 0 Å². The SMILES string of the molecule is CN(Cc1ccco1)Cc1ccc(C#N)cc1F. The van der Waals surface area contributed by atoms with Crippen molar-refractivity contribution >= 4 is 0 Å². The standard InChI is InChI=1S/C14H13FN2O/c1-17(10-13-3-2-6-18-13)9-12-5-4-11(8-16)7-14(12)15/h2-7H,9-10H2,1H3. The molecule has 0 spiro atoms. The van der Waals surface area contributed by atoms with Crippen LogP contribution in [-0.2, 0) is 13.1 Å². The molecule has 0 amide bonds. The van der Waals surface area contributed by atoms with Gasteiger partial charge in [0.1, 0.15) is 11.6 Å². The molecule has 0 bridgehead atoms. The zero-order valence-corrected chi connectivity index (χ0v) is 10.1. The maximum atomic E-state index is 13.7. The van der Waals surface area contributed by atoms with Gasteiger partial charge in [0.15, 0.2) is 0 Å². The molecule has 1 heterocycles. The van der Waals surface area contributed by atoms with E-state index in [-0.39, 0.29) is 5.82 Å². The number of hydrogen-bond acceptors (Lipinski definition) is 3. The number of nitrogens with zero attached hydrogens (tertiary/aromatic N) is 2. The van der Waals surface area contributed by atoms with Gasteiger partial charge in [0.25, 0.3) is 0 Å². The Morgan fingerprint density at radius 3 is 2.78 bits per heavy atom. The van der Waals surface area contributed by atoms with Crippen molar-refractivity contribution in [2.75, 3.05) is 7.05 Å². The van der Waals surface area contributed by atoms with Crippen LogP contribution in [0.5, 0.6) is 0 Å². The molecular weight excluding hydrogens is 231 g/mol. The Morgan fingerprint density at radius 2 is 2.17 bits per heavy atom. The number of furan rings is 1. The van der Waals surface area contributed by atoms with E-state index in [2.05, 4.69) is 0 Å². The highest BCUT2D eigenvalue weighted by Gasteiger charge is 2.08. The van der Waals surface area contributed by atoms with Gasteiger partial charge in [0.05, 0.1) is 24.4 Å². The smallest absolute Gasteiger partial charge is 0.129 e. The molecule has 0 aliphatic rings. The molecule has 4 heteroatoms. The lowest BCUT2D eigenvalue weighted by atomic mass is 10.1. The van der Waals surface area contributed by atoms with Crippen LogP contribution in [0.25, 0.3) is 0 Å². The number of benzene rings is 1. The van der Waals surface area contributed by atoms with Crippen molar-refractivity contribution < 1.29 is 8.81 Å². The summed E-state index contributed by atoms with van der Waals surface area (Å²) in [5.41, 5.74) is 0.910. The van der Waals surface area contributed by atoms with Crippen molar-refractivity contribution in [2.45, 2.75) is 13.1 Å². The highest BCUT2D eigenvalue weighted by atomic mass is 19.1. The summed E-state index contributed by atoms with van der Waals surface area (Å²) < 4.78 is 18.9. The molecule has 0 fully saturated rings. The largest absolute Gasteiger partial charge is 0.468 e. The number of nitriles is 1. The summed E-state index contributed by atoms with van der Waals surface area (Å²) in [5, 5.41) is 8.67. The highest BCUT2D eigenvalue weighted by Crippen LogP contribution is 2.13. The molecule has 1 aromatic carbocycles.